The van der Waals surface area contributed by atoms with Crippen LogP contribution in [0.1, 0.15) is 45.1 Å². The van der Waals surface area contributed by atoms with Gasteiger partial charge < -0.3 is 14.4 Å². The standard InChI is InChI=1S/C23H34N3O4PS/c1-16(2)6-5-11-26-12-9-18(10-13-26)29-22-17(3)23(25-15-24-22)30-20-8-7-19(14-21(20)31)32(4,27)28/h7-8,14-16,18H,5-6,9-13,31H2,1-4H3. The Bertz CT molecular complexity index is 1020. The number of benzene rings is 1. The average molecular weight is 480 g/mol. The number of hydrogen-bond acceptors (Lipinski definition) is 7. The largest absolute Gasteiger partial charge is 0.474 e. The van der Waals surface area contributed by atoms with Gasteiger partial charge in [-0.3, -0.25) is 0 Å². The summed E-state index contributed by atoms with van der Waals surface area (Å²) >= 11 is 0. The van der Waals surface area contributed by atoms with E-state index in [-0.39, 0.29) is 11.0 Å². The molecule has 0 saturated carbocycles. The minimum absolute atomic E-state index is 0.129. The third-order valence-corrected chi connectivity index (χ3v) is 7.24. The van der Waals surface area contributed by atoms with Crippen LogP contribution >= 0.6 is 9.24 Å². The summed E-state index contributed by atoms with van der Waals surface area (Å²) in [5.41, 5.74) is 0.725. The lowest BCUT2D eigenvalue weighted by molar-refractivity contribution is 0.0944. The molecule has 0 spiro atoms. The van der Waals surface area contributed by atoms with Crippen molar-refractivity contribution in [3.05, 3.63) is 30.1 Å². The summed E-state index contributed by atoms with van der Waals surface area (Å²) < 4.78 is 35.7. The van der Waals surface area contributed by atoms with Crippen molar-refractivity contribution < 1.29 is 17.9 Å². The number of hydrogen-bond donors (Lipinski definition) is 0. The summed E-state index contributed by atoms with van der Waals surface area (Å²) in [6.45, 7) is 9.66. The van der Waals surface area contributed by atoms with Gasteiger partial charge in [0.2, 0.25) is 11.8 Å². The molecule has 176 valence electrons. The van der Waals surface area contributed by atoms with E-state index in [1.807, 2.05) is 6.92 Å². The predicted octanol–water partition coefficient (Wildman–Crippen LogP) is 3.76. The van der Waals surface area contributed by atoms with Crippen LogP contribution in [-0.2, 0) is 9.84 Å². The van der Waals surface area contributed by atoms with Crippen molar-refractivity contribution in [1.29, 1.82) is 0 Å². The molecule has 1 saturated heterocycles. The third kappa shape index (κ3) is 6.87. The van der Waals surface area contributed by atoms with Crippen molar-refractivity contribution >= 4 is 24.4 Å². The summed E-state index contributed by atoms with van der Waals surface area (Å²) in [7, 11) is -0.767. The van der Waals surface area contributed by atoms with Gasteiger partial charge in [0.15, 0.2) is 9.84 Å². The van der Waals surface area contributed by atoms with E-state index in [4.69, 9.17) is 9.47 Å². The normalized spacial score (nSPS) is 15.8. The Balaban J connectivity index is 1.61. The first-order valence-electron chi connectivity index (χ1n) is 11.1. The lowest BCUT2D eigenvalue weighted by Gasteiger charge is -2.32. The van der Waals surface area contributed by atoms with Crippen LogP contribution in [0.25, 0.3) is 0 Å². The van der Waals surface area contributed by atoms with E-state index in [2.05, 4.69) is 38.0 Å². The maximum absolute atomic E-state index is 11.8. The monoisotopic (exact) mass is 479 g/mol. The van der Waals surface area contributed by atoms with Gasteiger partial charge in [-0.15, -0.1) is 9.24 Å². The second kappa shape index (κ2) is 10.9. The van der Waals surface area contributed by atoms with Crippen LogP contribution in [0.3, 0.4) is 0 Å². The van der Waals surface area contributed by atoms with Crippen molar-refractivity contribution in [2.45, 2.75) is 57.5 Å². The molecule has 0 bridgehead atoms. The van der Waals surface area contributed by atoms with Gasteiger partial charge in [0, 0.05) is 24.6 Å². The van der Waals surface area contributed by atoms with Crippen molar-refractivity contribution in [3.8, 4) is 17.5 Å². The molecule has 2 aromatic rings. The zero-order valence-electron chi connectivity index (χ0n) is 19.4. The number of rotatable bonds is 9. The fraction of sp³-hybridized carbons (Fsp3) is 0.565. The average Bonchev–Trinajstić information content (AvgIpc) is 2.72. The topological polar surface area (TPSA) is 81.6 Å². The van der Waals surface area contributed by atoms with Crippen LogP contribution in [-0.4, -0.2) is 55.3 Å². The summed E-state index contributed by atoms with van der Waals surface area (Å²) in [5, 5.41) is 0.637. The summed E-state index contributed by atoms with van der Waals surface area (Å²) in [6, 6.07) is 4.73. The van der Waals surface area contributed by atoms with Crippen LogP contribution < -0.4 is 14.8 Å². The van der Waals surface area contributed by atoms with Gasteiger partial charge in [0.1, 0.15) is 18.2 Å². The van der Waals surface area contributed by atoms with E-state index >= 15 is 0 Å². The van der Waals surface area contributed by atoms with Gasteiger partial charge in [-0.05, 0) is 63.3 Å². The van der Waals surface area contributed by atoms with Crippen LogP contribution in [0.2, 0.25) is 0 Å². The molecule has 1 atom stereocenters. The van der Waals surface area contributed by atoms with Crippen molar-refractivity contribution in [1.82, 2.24) is 14.9 Å². The molecule has 0 aliphatic carbocycles. The molecule has 9 heteroatoms. The Morgan fingerprint density at radius 1 is 1.19 bits per heavy atom. The first-order valence-corrected chi connectivity index (χ1v) is 13.6. The zero-order chi connectivity index (χ0) is 23.3. The molecule has 1 unspecified atom stereocenters. The lowest BCUT2D eigenvalue weighted by atomic mass is 10.1. The van der Waals surface area contributed by atoms with Gasteiger partial charge in [0.25, 0.3) is 0 Å². The van der Waals surface area contributed by atoms with Gasteiger partial charge in [-0.1, -0.05) is 13.8 Å². The van der Waals surface area contributed by atoms with Crippen molar-refractivity contribution in [3.63, 3.8) is 0 Å². The number of aromatic nitrogens is 2. The second-order valence-electron chi connectivity index (χ2n) is 8.88. The van der Waals surface area contributed by atoms with Crippen LogP contribution in [0.15, 0.2) is 29.4 Å². The van der Waals surface area contributed by atoms with Crippen LogP contribution in [0.4, 0.5) is 0 Å². The second-order valence-corrected chi connectivity index (χ2v) is 11.5. The SMILES string of the molecule is Cc1c(Oc2ccc(S(C)(=O)=O)cc2P)ncnc1OC1CCN(CCCC(C)C)CC1. The highest BCUT2D eigenvalue weighted by Crippen LogP contribution is 2.29. The molecule has 0 radical (unpaired) electrons. The maximum atomic E-state index is 11.8. The molecule has 2 heterocycles. The van der Waals surface area contributed by atoms with Crippen molar-refractivity contribution in [2.24, 2.45) is 5.92 Å². The first-order chi connectivity index (χ1) is 15.1. The highest BCUT2D eigenvalue weighted by molar-refractivity contribution is 7.90. The van der Waals surface area contributed by atoms with E-state index < -0.39 is 9.84 Å². The number of nitrogens with zero attached hydrogens (tertiary/aromatic N) is 3. The quantitative estimate of drug-likeness (QED) is 0.507. The van der Waals surface area contributed by atoms with E-state index in [0.29, 0.717) is 22.8 Å². The molecule has 1 aromatic carbocycles. The highest BCUT2D eigenvalue weighted by atomic mass is 32.2. The molecular formula is C23H34N3O4PS. The Kier molecular flexibility index (Phi) is 8.48. The molecule has 7 nitrogen and oxygen atoms in total. The van der Waals surface area contributed by atoms with E-state index in [0.717, 1.165) is 44.0 Å². The predicted molar refractivity (Wildman–Crippen MR) is 130 cm³/mol. The first kappa shape index (κ1) is 24.9. The Labute approximate surface area is 194 Å². The van der Waals surface area contributed by atoms with Gasteiger partial charge in [0.05, 0.1) is 10.5 Å². The molecule has 3 rings (SSSR count). The third-order valence-electron chi connectivity index (χ3n) is 5.68. The van der Waals surface area contributed by atoms with Crippen LogP contribution in [0, 0.1) is 12.8 Å². The van der Waals surface area contributed by atoms with Gasteiger partial charge in [-0.2, -0.15) is 0 Å². The van der Waals surface area contributed by atoms with Crippen LogP contribution in [0.5, 0.6) is 17.5 Å². The minimum Gasteiger partial charge on any atom is -0.474 e. The fourth-order valence-corrected chi connectivity index (χ4v) is 4.84. The molecular weight excluding hydrogens is 445 g/mol. The molecule has 1 aliphatic heterocycles. The van der Waals surface area contributed by atoms with Gasteiger partial charge >= 0.3 is 0 Å². The van der Waals surface area contributed by atoms with Crippen molar-refractivity contribution in [2.75, 3.05) is 25.9 Å². The Morgan fingerprint density at radius 3 is 2.50 bits per heavy atom. The number of likely N-dealkylation sites (tertiary alicyclic amines) is 1. The molecule has 0 N–H and O–H groups in total. The number of ether oxygens (including phenoxy) is 2. The highest BCUT2D eigenvalue weighted by Gasteiger charge is 2.22. The molecule has 32 heavy (non-hydrogen) atoms. The van der Waals surface area contributed by atoms with E-state index in [1.54, 1.807) is 12.1 Å². The summed E-state index contributed by atoms with van der Waals surface area (Å²) in [6.07, 6.45) is 7.22. The molecule has 1 aromatic heterocycles. The molecule has 1 fully saturated rings. The molecule has 0 amide bonds. The molecule has 1 aliphatic rings. The Morgan fingerprint density at radius 2 is 1.88 bits per heavy atom. The number of piperidine rings is 1. The Hall–Kier alpha value is -1.76. The zero-order valence-corrected chi connectivity index (χ0v) is 21.3. The van der Waals surface area contributed by atoms with E-state index in [1.165, 1.54) is 31.5 Å². The minimum atomic E-state index is -3.28. The summed E-state index contributed by atoms with van der Waals surface area (Å²) in [4.78, 5) is 11.3. The maximum Gasteiger partial charge on any atom is 0.229 e. The number of sulfone groups is 1. The van der Waals surface area contributed by atoms with E-state index in [9.17, 15) is 8.42 Å². The van der Waals surface area contributed by atoms with Gasteiger partial charge in [-0.25, -0.2) is 18.4 Å². The lowest BCUT2D eigenvalue weighted by Crippen LogP contribution is -2.39. The fourth-order valence-electron chi connectivity index (χ4n) is 3.73. The summed E-state index contributed by atoms with van der Waals surface area (Å²) in [5.74, 6) is 2.21. The smallest absolute Gasteiger partial charge is 0.229 e.